The number of primary amides is 1. The first-order chi connectivity index (χ1) is 9.29. The number of rotatable bonds is 6. The number of nitrogens with zero attached hydrogens (tertiary/aromatic N) is 2. The van der Waals surface area contributed by atoms with Crippen LogP contribution in [-0.2, 0) is 4.57 Å². The first-order valence-corrected chi connectivity index (χ1v) is 7.70. The Morgan fingerprint density at radius 3 is 2.30 bits per heavy atom. The number of benzene rings is 1. The number of nitrogens with two attached hydrogens (primary N) is 1. The van der Waals surface area contributed by atoms with E-state index in [1.54, 1.807) is 6.07 Å². The van der Waals surface area contributed by atoms with Crippen LogP contribution in [0.3, 0.4) is 0 Å². The molecule has 0 radical (unpaired) electrons. The zero-order valence-corrected chi connectivity index (χ0v) is 11.9. The Balaban J connectivity index is 3.53. The van der Waals surface area contributed by atoms with Gasteiger partial charge in [0, 0.05) is 5.56 Å². The minimum absolute atomic E-state index is 0.0735. The molecule has 0 spiro atoms. The van der Waals surface area contributed by atoms with Crippen molar-refractivity contribution in [1.29, 1.82) is 0 Å². The number of halogens is 1. The van der Waals surface area contributed by atoms with Crippen molar-refractivity contribution in [2.45, 2.75) is 5.78 Å². The summed E-state index contributed by atoms with van der Waals surface area (Å²) < 4.78 is 10.2. The van der Waals surface area contributed by atoms with E-state index < -0.39 is 30.5 Å². The molecule has 2 unspecified atom stereocenters. The van der Waals surface area contributed by atoms with E-state index >= 15 is 0 Å². The molecule has 0 heterocycles. The molecule has 0 aliphatic rings. The molecular weight excluding hydrogens is 309 g/mol. The lowest BCUT2D eigenvalue weighted by Gasteiger charge is -2.31. The van der Waals surface area contributed by atoms with Crippen molar-refractivity contribution < 1.29 is 23.7 Å². The van der Waals surface area contributed by atoms with Crippen LogP contribution < -0.4 is 5.73 Å². The Bertz CT molecular complexity index is 537. The molecule has 0 saturated heterocycles. The summed E-state index contributed by atoms with van der Waals surface area (Å²) in [6.07, 6.45) is 0. The van der Waals surface area contributed by atoms with Crippen LogP contribution in [0.5, 0.6) is 0 Å². The van der Waals surface area contributed by atoms with Crippen LogP contribution in [0.4, 0.5) is 4.79 Å². The predicted molar refractivity (Wildman–Crippen MR) is 72.5 cm³/mol. The maximum atomic E-state index is 11.7. The Hall–Kier alpha value is -1.31. The quantitative estimate of drug-likeness (QED) is 0.241. The third-order valence-corrected chi connectivity index (χ3v) is 4.26. The first-order valence-electron chi connectivity index (χ1n) is 5.48. The SMILES string of the molecule is NC(=O)[N+](CCCl)(N=O)C(c1ccccc1)P(=O)(O)O. The third-order valence-electron chi connectivity index (χ3n) is 2.77. The topological polar surface area (TPSA) is 130 Å². The van der Waals surface area contributed by atoms with Crippen molar-refractivity contribution in [3.05, 3.63) is 40.8 Å². The van der Waals surface area contributed by atoms with Gasteiger partial charge in [0.1, 0.15) is 6.54 Å². The number of carbonyl (C=O) groups is 1. The van der Waals surface area contributed by atoms with Crippen LogP contribution in [0, 0.1) is 4.91 Å². The molecule has 4 N–H and O–H groups in total. The third kappa shape index (κ3) is 3.23. The second-order valence-electron chi connectivity index (χ2n) is 4.03. The monoisotopic (exact) mass is 322 g/mol. The van der Waals surface area contributed by atoms with E-state index in [0.717, 1.165) is 0 Å². The normalized spacial score (nSPS) is 16.1. The van der Waals surface area contributed by atoms with E-state index in [9.17, 15) is 24.1 Å². The number of amides is 2. The fourth-order valence-corrected chi connectivity index (χ4v) is 3.51. The van der Waals surface area contributed by atoms with Gasteiger partial charge in [-0.3, -0.25) is 4.57 Å². The molecular formula is C10H14ClN3O5P+. The van der Waals surface area contributed by atoms with Crippen LogP contribution in [0.15, 0.2) is 35.6 Å². The van der Waals surface area contributed by atoms with Gasteiger partial charge in [-0.15, -0.1) is 11.6 Å². The van der Waals surface area contributed by atoms with Gasteiger partial charge in [-0.05, 0) is 0 Å². The lowest BCUT2D eigenvalue weighted by Crippen LogP contribution is -2.54. The van der Waals surface area contributed by atoms with E-state index in [4.69, 9.17) is 17.3 Å². The minimum atomic E-state index is -4.90. The molecule has 8 nitrogen and oxygen atoms in total. The van der Waals surface area contributed by atoms with E-state index in [1.165, 1.54) is 24.3 Å². The summed E-state index contributed by atoms with van der Waals surface area (Å²) in [5, 5.41) is 2.59. The lowest BCUT2D eigenvalue weighted by atomic mass is 10.2. The molecule has 0 saturated carbocycles. The van der Waals surface area contributed by atoms with Gasteiger partial charge in [-0.2, -0.15) is 0 Å². The van der Waals surface area contributed by atoms with Crippen molar-refractivity contribution >= 4 is 25.2 Å². The van der Waals surface area contributed by atoms with Gasteiger partial charge >= 0.3 is 13.6 Å². The molecule has 1 aromatic carbocycles. The van der Waals surface area contributed by atoms with Crippen molar-refractivity contribution in [2.24, 2.45) is 11.0 Å². The van der Waals surface area contributed by atoms with Crippen LogP contribution in [0.25, 0.3) is 0 Å². The van der Waals surface area contributed by atoms with E-state index in [1.807, 2.05) is 0 Å². The summed E-state index contributed by atoms with van der Waals surface area (Å²) in [7, 11) is -4.90. The molecule has 0 aliphatic heterocycles. The summed E-state index contributed by atoms with van der Waals surface area (Å²) in [5.74, 6) is -2.05. The standard InChI is InChI=1S/C10H13ClN3O5P/c11-6-7-14(13-16,10(12)15)9(20(17,18)19)8-4-2-1-3-5-8/h1-5,9H,6-7H2,(H3-,12,15,17,18,19)/p+1. The number of hydrogen-bond acceptors (Lipinski definition) is 4. The molecule has 10 heteroatoms. The zero-order valence-electron chi connectivity index (χ0n) is 10.3. The zero-order chi connectivity index (χ0) is 15.4. The second kappa shape index (κ2) is 6.43. The molecule has 20 heavy (non-hydrogen) atoms. The van der Waals surface area contributed by atoms with Gasteiger partial charge < -0.3 is 15.5 Å². The minimum Gasteiger partial charge on any atom is -0.320 e. The van der Waals surface area contributed by atoms with Crippen LogP contribution in [-0.4, -0.2) is 32.8 Å². The van der Waals surface area contributed by atoms with Crippen LogP contribution >= 0.6 is 19.2 Å². The van der Waals surface area contributed by atoms with Crippen molar-refractivity contribution in [3.8, 4) is 0 Å². The summed E-state index contributed by atoms with van der Waals surface area (Å²) in [4.78, 5) is 41.8. The smallest absolute Gasteiger partial charge is 0.320 e. The van der Waals surface area contributed by atoms with Gasteiger partial charge in [-0.1, -0.05) is 39.8 Å². The number of carbonyl (C=O) groups excluding carboxylic acids is 1. The fourth-order valence-electron chi connectivity index (χ4n) is 1.92. The number of nitroso groups, excluding NO2 is 1. The first kappa shape index (κ1) is 16.7. The van der Waals surface area contributed by atoms with Gasteiger partial charge in [-0.25, -0.2) is 4.79 Å². The Morgan fingerprint density at radius 2 is 1.95 bits per heavy atom. The Kier molecular flexibility index (Phi) is 5.38. The molecule has 2 atom stereocenters. The van der Waals surface area contributed by atoms with E-state index in [-0.39, 0.29) is 11.4 Å². The molecule has 1 rings (SSSR count). The maximum Gasteiger partial charge on any atom is 0.444 e. The van der Waals surface area contributed by atoms with Crippen molar-refractivity contribution in [3.63, 3.8) is 0 Å². The molecule has 1 aromatic rings. The summed E-state index contributed by atoms with van der Waals surface area (Å²) in [6.45, 7) is -0.426. The summed E-state index contributed by atoms with van der Waals surface area (Å²) in [6, 6.07) is 6.11. The molecule has 0 bridgehead atoms. The van der Waals surface area contributed by atoms with Crippen LogP contribution in [0.1, 0.15) is 11.3 Å². The predicted octanol–water partition coefficient (Wildman–Crippen LogP) is 1.68. The van der Waals surface area contributed by atoms with Crippen molar-refractivity contribution in [1.82, 2.24) is 0 Å². The van der Waals surface area contributed by atoms with Crippen LogP contribution in [0.2, 0.25) is 0 Å². The Morgan fingerprint density at radius 1 is 1.40 bits per heavy atom. The van der Waals surface area contributed by atoms with E-state index in [2.05, 4.69) is 5.29 Å². The molecule has 110 valence electrons. The number of urea groups is 1. The fraction of sp³-hybridized carbons (Fsp3) is 0.300. The summed E-state index contributed by atoms with van der Waals surface area (Å²) in [5.41, 5.74) is 5.21. The largest absolute Gasteiger partial charge is 0.444 e. The molecule has 0 aliphatic carbocycles. The molecule has 0 aromatic heterocycles. The second-order valence-corrected chi connectivity index (χ2v) is 6.08. The molecule has 2 amide bonds. The van der Waals surface area contributed by atoms with Gasteiger partial charge in [0.05, 0.1) is 5.88 Å². The average Bonchev–Trinajstić information content (AvgIpc) is 2.37. The molecule has 0 fully saturated rings. The number of alkyl halides is 1. The number of hydrogen-bond donors (Lipinski definition) is 3. The number of quaternary nitrogens is 1. The van der Waals surface area contributed by atoms with Gasteiger partial charge in [0.2, 0.25) is 0 Å². The van der Waals surface area contributed by atoms with E-state index in [0.29, 0.717) is 0 Å². The highest BCUT2D eigenvalue weighted by Crippen LogP contribution is 2.57. The highest BCUT2D eigenvalue weighted by Gasteiger charge is 2.56. The lowest BCUT2D eigenvalue weighted by molar-refractivity contribution is -0.873. The highest BCUT2D eigenvalue weighted by molar-refractivity contribution is 7.51. The summed E-state index contributed by atoms with van der Waals surface area (Å²) >= 11 is 5.52. The maximum absolute atomic E-state index is 11.7. The van der Waals surface area contributed by atoms with Gasteiger partial charge in [0.25, 0.3) is 5.78 Å². The average molecular weight is 323 g/mol. The Labute approximate surface area is 119 Å². The van der Waals surface area contributed by atoms with Gasteiger partial charge in [0.15, 0.2) is 5.29 Å². The highest BCUT2D eigenvalue weighted by atomic mass is 35.5. The van der Waals surface area contributed by atoms with Crippen molar-refractivity contribution in [2.75, 3.05) is 12.4 Å².